The van der Waals surface area contributed by atoms with Crippen LogP contribution in [-0.4, -0.2) is 28.3 Å². The van der Waals surface area contributed by atoms with Crippen LogP contribution in [-0.2, 0) is 18.2 Å². The van der Waals surface area contributed by atoms with E-state index in [2.05, 4.69) is 18.8 Å². The summed E-state index contributed by atoms with van der Waals surface area (Å²) in [6, 6.07) is 0. The highest BCUT2D eigenvalue weighted by atomic mass is 16.5. The SMILES string of the molecule is Cn1ccnc1CCOC1(CN)CCC(C)(C)CC1. The maximum Gasteiger partial charge on any atom is 0.110 e. The number of nitrogens with two attached hydrogens (primary N) is 1. The quantitative estimate of drug-likeness (QED) is 0.888. The van der Waals surface area contributed by atoms with E-state index < -0.39 is 0 Å². The van der Waals surface area contributed by atoms with Crippen molar-refractivity contribution in [2.75, 3.05) is 13.2 Å². The van der Waals surface area contributed by atoms with Crippen molar-refractivity contribution in [2.45, 2.75) is 51.6 Å². The van der Waals surface area contributed by atoms with Crippen LogP contribution in [0.2, 0.25) is 0 Å². The Morgan fingerprint density at radius 2 is 2.00 bits per heavy atom. The molecule has 19 heavy (non-hydrogen) atoms. The Bertz CT molecular complexity index is 401. The first-order chi connectivity index (χ1) is 8.96. The molecule has 0 aromatic carbocycles. The molecule has 0 amide bonds. The molecule has 0 bridgehead atoms. The zero-order valence-corrected chi connectivity index (χ0v) is 12.5. The molecule has 0 atom stereocenters. The van der Waals surface area contributed by atoms with Gasteiger partial charge in [-0.05, 0) is 31.1 Å². The standard InChI is InChI=1S/C15H27N3O/c1-14(2)5-7-15(12-16,8-6-14)19-11-4-13-17-9-10-18(13)3/h9-10H,4-8,11-12,16H2,1-3H3. The number of imidazole rings is 1. The summed E-state index contributed by atoms with van der Waals surface area (Å²) in [5.74, 6) is 1.07. The van der Waals surface area contributed by atoms with E-state index in [4.69, 9.17) is 10.5 Å². The summed E-state index contributed by atoms with van der Waals surface area (Å²) in [4.78, 5) is 4.32. The smallest absolute Gasteiger partial charge is 0.110 e. The number of hydrogen-bond donors (Lipinski definition) is 1. The minimum Gasteiger partial charge on any atom is -0.373 e. The molecule has 1 fully saturated rings. The summed E-state index contributed by atoms with van der Waals surface area (Å²) < 4.78 is 8.21. The number of aromatic nitrogens is 2. The van der Waals surface area contributed by atoms with Crippen molar-refractivity contribution in [1.29, 1.82) is 0 Å². The van der Waals surface area contributed by atoms with Crippen LogP contribution in [0.5, 0.6) is 0 Å². The van der Waals surface area contributed by atoms with Gasteiger partial charge in [0.1, 0.15) is 5.82 Å². The molecule has 4 heteroatoms. The summed E-state index contributed by atoms with van der Waals surface area (Å²) in [5, 5.41) is 0. The zero-order chi connectivity index (χ0) is 13.9. The maximum absolute atomic E-state index is 6.16. The van der Waals surface area contributed by atoms with E-state index in [0.717, 1.165) is 25.1 Å². The largest absolute Gasteiger partial charge is 0.373 e. The average molecular weight is 265 g/mol. The van der Waals surface area contributed by atoms with Gasteiger partial charge in [-0.2, -0.15) is 0 Å². The average Bonchev–Trinajstić information content (AvgIpc) is 2.78. The Balaban J connectivity index is 1.85. The van der Waals surface area contributed by atoms with Crippen molar-refractivity contribution in [2.24, 2.45) is 18.2 Å². The summed E-state index contributed by atoms with van der Waals surface area (Å²) in [6.07, 6.45) is 9.22. The summed E-state index contributed by atoms with van der Waals surface area (Å²) in [5.41, 5.74) is 6.32. The Kier molecular flexibility index (Phi) is 4.31. The third kappa shape index (κ3) is 3.57. The third-order valence-corrected chi connectivity index (χ3v) is 4.54. The maximum atomic E-state index is 6.16. The molecule has 2 N–H and O–H groups in total. The lowest BCUT2D eigenvalue weighted by Crippen LogP contribution is -2.46. The van der Waals surface area contributed by atoms with E-state index in [1.54, 1.807) is 0 Å². The highest BCUT2D eigenvalue weighted by Crippen LogP contribution is 2.41. The van der Waals surface area contributed by atoms with E-state index >= 15 is 0 Å². The molecule has 0 spiro atoms. The molecule has 1 aliphatic carbocycles. The second kappa shape index (κ2) is 5.63. The lowest BCUT2D eigenvalue weighted by molar-refractivity contribution is -0.0805. The fourth-order valence-electron chi connectivity index (χ4n) is 2.79. The van der Waals surface area contributed by atoms with Gasteiger partial charge in [0.2, 0.25) is 0 Å². The summed E-state index contributed by atoms with van der Waals surface area (Å²) in [7, 11) is 2.02. The van der Waals surface area contributed by atoms with E-state index in [0.29, 0.717) is 18.6 Å². The van der Waals surface area contributed by atoms with Crippen LogP contribution in [0.3, 0.4) is 0 Å². The van der Waals surface area contributed by atoms with Crippen LogP contribution in [0.25, 0.3) is 0 Å². The van der Waals surface area contributed by atoms with Crippen molar-refractivity contribution in [3.63, 3.8) is 0 Å². The van der Waals surface area contributed by atoms with Crippen LogP contribution in [0, 0.1) is 5.41 Å². The van der Waals surface area contributed by atoms with Crippen molar-refractivity contribution in [3.05, 3.63) is 18.2 Å². The van der Waals surface area contributed by atoms with Crippen molar-refractivity contribution in [1.82, 2.24) is 9.55 Å². The molecule has 4 nitrogen and oxygen atoms in total. The Labute approximate surface area is 116 Å². The second-order valence-electron chi connectivity index (χ2n) is 6.60. The number of rotatable bonds is 5. The molecule has 1 aliphatic rings. The molecule has 1 saturated carbocycles. The van der Waals surface area contributed by atoms with Crippen molar-refractivity contribution < 1.29 is 4.74 Å². The van der Waals surface area contributed by atoms with E-state index in [9.17, 15) is 0 Å². The van der Waals surface area contributed by atoms with Gasteiger partial charge in [0.25, 0.3) is 0 Å². The fraction of sp³-hybridized carbons (Fsp3) is 0.800. The summed E-state index contributed by atoms with van der Waals surface area (Å²) >= 11 is 0. The minimum absolute atomic E-state index is 0.0965. The van der Waals surface area contributed by atoms with Gasteiger partial charge in [0.05, 0.1) is 12.2 Å². The van der Waals surface area contributed by atoms with Crippen molar-refractivity contribution >= 4 is 0 Å². The first-order valence-corrected chi connectivity index (χ1v) is 7.27. The lowest BCUT2D eigenvalue weighted by Gasteiger charge is -2.42. The van der Waals surface area contributed by atoms with Gasteiger partial charge in [-0.25, -0.2) is 4.98 Å². The highest BCUT2D eigenvalue weighted by Gasteiger charge is 2.38. The highest BCUT2D eigenvalue weighted by molar-refractivity contribution is 4.94. The molecule has 0 saturated heterocycles. The normalized spacial score (nSPS) is 21.5. The molecule has 0 radical (unpaired) electrons. The zero-order valence-electron chi connectivity index (χ0n) is 12.5. The van der Waals surface area contributed by atoms with Gasteiger partial charge in [0.15, 0.2) is 0 Å². The van der Waals surface area contributed by atoms with Crippen LogP contribution in [0.4, 0.5) is 0 Å². The van der Waals surface area contributed by atoms with E-state index in [-0.39, 0.29) is 5.60 Å². The first-order valence-electron chi connectivity index (χ1n) is 7.27. The number of ether oxygens (including phenoxy) is 1. The Morgan fingerprint density at radius 3 is 2.53 bits per heavy atom. The van der Waals surface area contributed by atoms with Crippen LogP contribution in [0.15, 0.2) is 12.4 Å². The molecule has 108 valence electrons. The summed E-state index contributed by atoms with van der Waals surface area (Å²) in [6.45, 7) is 6.01. The molecule has 1 aromatic rings. The predicted molar refractivity (Wildman–Crippen MR) is 76.9 cm³/mol. The van der Waals surface area contributed by atoms with Crippen LogP contribution in [0.1, 0.15) is 45.4 Å². The predicted octanol–water partition coefficient (Wildman–Crippen LogP) is 2.28. The molecular weight excluding hydrogens is 238 g/mol. The molecule has 1 aromatic heterocycles. The van der Waals surface area contributed by atoms with Crippen LogP contribution < -0.4 is 5.73 Å². The van der Waals surface area contributed by atoms with Crippen LogP contribution >= 0.6 is 0 Å². The van der Waals surface area contributed by atoms with Crippen molar-refractivity contribution in [3.8, 4) is 0 Å². The lowest BCUT2D eigenvalue weighted by atomic mass is 9.71. The monoisotopic (exact) mass is 265 g/mol. The third-order valence-electron chi connectivity index (χ3n) is 4.54. The number of aryl methyl sites for hydroxylation is 1. The Morgan fingerprint density at radius 1 is 1.32 bits per heavy atom. The molecule has 0 aliphatic heterocycles. The molecule has 2 rings (SSSR count). The number of nitrogens with zero attached hydrogens (tertiary/aromatic N) is 2. The topological polar surface area (TPSA) is 53.1 Å². The van der Waals surface area contributed by atoms with E-state index in [1.807, 2.05) is 24.0 Å². The van der Waals surface area contributed by atoms with Gasteiger partial charge < -0.3 is 15.0 Å². The first kappa shape index (κ1) is 14.5. The minimum atomic E-state index is -0.0965. The molecule has 0 unspecified atom stereocenters. The second-order valence-corrected chi connectivity index (χ2v) is 6.60. The van der Waals surface area contributed by atoms with Gasteiger partial charge >= 0.3 is 0 Å². The van der Waals surface area contributed by atoms with E-state index in [1.165, 1.54) is 12.8 Å². The molecular formula is C15H27N3O. The van der Waals surface area contributed by atoms with Gasteiger partial charge in [-0.15, -0.1) is 0 Å². The molecule has 1 heterocycles. The fourth-order valence-corrected chi connectivity index (χ4v) is 2.79. The number of hydrogen-bond acceptors (Lipinski definition) is 3. The Hall–Kier alpha value is -0.870. The van der Waals surface area contributed by atoms with Gasteiger partial charge in [-0.3, -0.25) is 0 Å². The van der Waals surface area contributed by atoms with Gasteiger partial charge in [-0.1, -0.05) is 13.8 Å². The van der Waals surface area contributed by atoms with Gasteiger partial charge in [0, 0.05) is 32.4 Å².